The number of hydrogen-bond donors (Lipinski definition) is 1. The molecule has 1 aromatic heterocycles. The Labute approximate surface area is 102 Å². The monoisotopic (exact) mass is 243 g/mol. The molecule has 0 radical (unpaired) electrons. The SMILES string of the molecule is NC(=O)c1cnc(-c2ccccc2)c([N+](=O)[O-])c1. The van der Waals surface area contributed by atoms with Crippen LogP contribution in [0.3, 0.4) is 0 Å². The van der Waals surface area contributed by atoms with E-state index < -0.39 is 10.8 Å². The first-order chi connectivity index (χ1) is 8.59. The molecular formula is C12H9N3O3. The van der Waals surface area contributed by atoms with E-state index in [4.69, 9.17) is 5.73 Å². The summed E-state index contributed by atoms with van der Waals surface area (Å²) in [5.41, 5.74) is 5.67. The second-order valence-electron chi connectivity index (χ2n) is 3.58. The normalized spacial score (nSPS) is 10.0. The molecule has 90 valence electrons. The van der Waals surface area contributed by atoms with Crippen LogP contribution in [0.4, 0.5) is 5.69 Å². The molecule has 2 rings (SSSR count). The van der Waals surface area contributed by atoms with Crippen molar-refractivity contribution in [3.05, 3.63) is 58.3 Å². The molecule has 0 atom stereocenters. The van der Waals surface area contributed by atoms with Crippen LogP contribution in [0.25, 0.3) is 11.3 Å². The van der Waals surface area contributed by atoms with Crippen LogP contribution in [0, 0.1) is 10.1 Å². The summed E-state index contributed by atoms with van der Waals surface area (Å²) in [5, 5.41) is 11.0. The van der Waals surface area contributed by atoms with Crippen LogP contribution in [0.1, 0.15) is 10.4 Å². The predicted molar refractivity (Wildman–Crippen MR) is 64.8 cm³/mol. The van der Waals surface area contributed by atoms with Gasteiger partial charge in [0, 0.05) is 17.8 Å². The highest BCUT2D eigenvalue weighted by Gasteiger charge is 2.19. The molecule has 0 fully saturated rings. The number of aromatic nitrogens is 1. The van der Waals surface area contributed by atoms with Gasteiger partial charge in [-0.15, -0.1) is 0 Å². The summed E-state index contributed by atoms with van der Waals surface area (Å²) < 4.78 is 0. The first-order valence-corrected chi connectivity index (χ1v) is 5.09. The Morgan fingerprint density at radius 3 is 2.50 bits per heavy atom. The van der Waals surface area contributed by atoms with Crippen molar-refractivity contribution < 1.29 is 9.72 Å². The van der Waals surface area contributed by atoms with E-state index in [-0.39, 0.29) is 16.9 Å². The summed E-state index contributed by atoms with van der Waals surface area (Å²) in [5.74, 6) is -0.745. The van der Waals surface area contributed by atoms with Crippen LogP contribution >= 0.6 is 0 Å². The molecule has 2 aromatic rings. The maximum atomic E-state index is 11.0. The van der Waals surface area contributed by atoms with Gasteiger partial charge < -0.3 is 5.73 Å². The minimum atomic E-state index is -0.745. The van der Waals surface area contributed by atoms with E-state index in [0.717, 1.165) is 6.07 Å². The fourth-order valence-corrected chi connectivity index (χ4v) is 1.55. The zero-order valence-corrected chi connectivity index (χ0v) is 9.24. The van der Waals surface area contributed by atoms with Crippen molar-refractivity contribution in [2.45, 2.75) is 0 Å². The summed E-state index contributed by atoms with van der Waals surface area (Å²) in [4.78, 5) is 25.3. The molecule has 18 heavy (non-hydrogen) atoms. The largest absolute Gasteiger partial charge is 0.366 e. The Bertz CT molecular complexity index is 611. The quantitative estimate of drug-likeness (QED) is 0.655. The van der Waals surface area contributed by atoms with E-state index in [1.165, 1.54) is 6.20 Å². The van der Waals surface area contributed by atoms with Crippen LogP contribution in [0.5, 0.6) is 0 Å². The molecule has 6 nitrogen and oxygen atoms in total. The minimum absolute atomic E-state index is 0.0152. The third kappa shape index (κ3) is 2.17. The number of amides is 1. The van der Waals surface area contributed by atoms with E-state index in [0.29, 0.717) is 5.56 Å². The molecule has 0 saturated heterocycles. The first-order valence-electron chi connectivity index (χ1n) is 5.09. The zero-order valence-electron chi connectivity index (χ0n) is 9.24. The van der Waals surface area contributed by atoms with Gasteiger partial charge in [-0.2, -0.15) is 0 Å². The van der Waals surface area contributed by atoms with Crippen molar-refractivity contribution in [1.29, 1.82) is 0 Å². The van der Waals surface area contributed by atoms with Crippen molar-refractivity contribution in [1.82, 2.24) is 4.98 Å². The van der Waals surface area contributed by atoms with Crippen molar-refractivity contribution >= 4 is 11.6 Å². The second-order valence-corrected chi connectivity index (χ2v) is 3.58. The molecule has 0 spiro atoms. The number of carbonyl (C=O) groups is 1. The number of pyridine rings is 1. The fraction of sp³-hybridized carbons (Fsp3) is 0. The van der Waals surface area contributed by atoms with Gasteiger partial charge >= 0.3 is 0 Å². The molecule has 1 heterocycles. The van der Waals surface area contributed by atoms with Gasteiger partial charge in [0.05, 0.1) is 10.5 Å². The Morgan fingerprint density at radius 1 is 1.28 bits per heavy atom. The third-order valence-electron chi connectivity index (χ3n) is 2.40. The minimum Gasteiger partial charge on any atom is -0.366 e. The summed E-state index contributed by atoms with van der Waals surface area (Å²) in [6.45, 7) is 0. The lowest BCUT2D eigenvalue weighted by atomic mass is 10.1. The van der Waals surface area contributed by atoms with E-state index in [1.54, 1.807) is 30.3 Å². The molecule has 0 aliphatic carbocycles. The summed E-state index contributed by atoms with van der Waals surface area (Å²) in [6, 6.07) is 9.86. The van der Waals surface area contributed by atoms with Gasteiger partial charge in [-0.05, 0) is 0 Å². The molecular weight excluding hydrogens is 234 g/mol. The number of primary amides is 1. The van der Waals surface area contributed by atoms with E-state index in [9.17, 15) is 14.9 Å². The maximum absolute atomic E-state index is 11.0. The molecule has 0 bridgehead atoms. The smallest absolute Gasteiger partial charge is 0.296 e. The highest BCUT2D eigenvalue weighted by molar-refractivity contribution is 5.94. The van der Waals surface area contributed by atoms with Gasteiger partial charge in [0.15, 0.2) is 0 Å². The average molecular weight is 243 g/mol. The van der Waals surface area contributed by atoms with Gasteiger partial charge in [0.25, 0.3) is 11.6 Å². The lowest BCUT2D eigenvalue weighted by Gasteiger charge is -2.03. The number of nitrogens with zero attached hydrogens (tertiary/aromatic N) is 2. The number of nitrogens with two attached hydrogens (primary N) is 1. The number of hydrogen-bond acceptors (Lipinski definition) is 4. The predicted octanol–water partition coefficient (Wildman–Crippen LogP) is 1.76. The van der Waals surface area contributed by atoms with E-state index >= 15 is 0 Å². The molecule has 0 saturated carbocycles. The number of benzene rings is 1. The van der Waals surface area contributed by atoms with Gasteiger partial charge in [-0.1, -0.05) is 30.3 Å². The van der Waals surface area contributed by atoms with Crippen molar-refractivity contribution in [2.75, 3.05) is 0 Å². The highest BCUT2D eigenvalue weighted by atomic mass is 16.6. The van der Waals surface area contributed by atoms with Gasteiger partial charge in [0.1, 0.15) is 5.69 Å². The van der Waals surface area contributed by atoms with Crippen LogP contribution in [-0.4, -0.2) is 15.8 Å². The summed E-state index contributed by atoms with van der Waals surface area (Å²) >= 11 is 0. The summed E-state index contributed by atoms with van der Waals surface area (Å²) in [6.07, 6.45) is 1.23. The molecule has 0 aliphatic rings. The van der Waals surface area contributed by atoms with E-state index in [2.05, 4.69) is 4.98 Å². The number of carbonyl (C=O) groups excluding carboxylic acids is 1. The second kappa shape index (κ2) is 4.62. The van der Waals surface area contributed by atoms with Crippen LogP contribution in [-0.2, 0) is 0 Å². The molecule has 0 unspecified atom stereocenters. The van der Waals surface area contributed by atoms with Crippen molar-refractivity contribution in [3.8, 4) is 11.3 Å². The molecule has 1 amide bonds. The molecule has 6 heteroatoms. The Hall–Kier alpha value is -2.76. The lowest BCUT2D eigenvalue weighted by Crippen LogP contribution is -2.12. The third-order valence-corrected chi connectivity index (χ3v) is 2.40. The van der Waals surface area contributed by atoms with Crippen LogP contribution < -0.4 is 5.73 Å². The Morgan fingerprint density at radius 2 is 1.94 bits per heavy atom. The van der Waals surface area contributed by atoms with Gasteiger partial charge in [-0.3, -0.25) is 14.9 Å². The fourth-order valence-electron chi connectivity index (χ4n) is 1.55. The number of nitro groups is 1. The van der Waals surface area contributed by atoms with Gasteiger partial charge in [0.2, 0.25) is 0 Å². The van der Waals surface area contributed by atoms with Gasteiger partial charge in [-0.25, -0.2) is 4.98 Å². The Balaban J connectivity index is 2.61. The maximum Gasteiger partial charge on any atom is 0.296 e. The number of rotatable bonds is 3. The van der Waals surface area contributed by atoms with Crippen molar-refractivity contribution in [2.24, 2.45) is 5.73 Å². The standard InChI is InChI=1S/C12H9N3O3/c13-12(16)9-6-10(15(17)18)11(14-7-9)8-4-2-1-3-5-8/h1-7H,(H2,13,16). The molecule has 0 aliphatic heterocycles. The van der Waals surface area contributed by atoms with E-state index in [1.807, 2.05) is 0 Å². The highest BCUT2D eigenvalue weighted by Crippen LogP contribution is 2.27. The van der Waals surface area contributed by atoms with Crippen LogP contribution in [0.15, 0.2) is 42.6 Å². The first kappa shape index (κ1) is 11.7. The Kier molecular flexibility index (Phi) is 3.01. The lowest BCUT2D eigenvalue weighted by molar-refractivity contribution is -0.384. The average Bonchev–Trinajstić information content (AvgIpc) is 2.39. The molecule has 1 aromatic carbocycles. The van der Waals surface area contributed by atoms with Crippen molar-refractivity contribution in [3.63, 3.8) is 0 Å². The molecule has 2 N–H and O–H groups in total. The summed E-state index contributed by atoms with van der Waals surface area (Å²) in [7, 11) is 0. The topological polar surface area (TPSA) is 99.1 Å². The van der Waals surface area contributed by atoms with Crippen LogP contribution in [0.2, 0.25) is 0 Å². The zero-order chi connectivity index (χ0) is 13.1.